The van der Waals surface area contributed by atoms with Crippen molar-refractivity contribution in [1.29, 1.82) is 0 Å². The van der Waals surface area contributed by atoms with Crippen LogP contribution in [0.4, 0.5) is 15.8 Å². The number of rotatable bonds is 4. The molecule has 10 heteroatoms. The van der Waals surface area contributed by atoms with E-state index in [4.69, 9.17) is 11.6 Å². The predicted molar refractivity (Wildman–Crippen MR) is 115 cm³/mol. The summed E-state index contributed by atoms with van der Waals surface area (Å²) in [5.74, 6) is -0.592. The highest BCUT2D eigenvalue weighted by Gasteiger charge is 2.44. The molecule has 0 unspecified atom stereocenters. The molecule has 29 heavy (non-hydrogen) atoms. The lowest BCUT2D eigenvalue weighted by molar-refractivity contribution is -0.114. The van der Waals surface area contributed by atoms with E-state index < -0.39 is 9.84 Å². The van der Waals surface area contributed by atoms with E-state index in [1.54, 1.807) is 23.1 Å². The third-order valence-corrected chi connectivity index (χ3v) is 8.07. The van der Waals surface area contributed by atoms with Gasteiger partial charge >= 0.3 is 0 Å². The monoisotopic (exact) mass is 453 g/mol. The Bertz CT molecular complexity index is 1080. The number of hydrogen-bond donors (Lipinski definition) is 1. The predicted octanol–water partition coefficient (Wildman–Crippen LogP) is 3.19. The minimum atomic E-state index is -3.07. The Hall–Kier alpha value is -2.10. The standard InChI is InChI=1S/C19H17ClFN3O3S2/c20-12-2-1-3-15(8-12)24(9-18(25)22-14-6-4-13(21)5-7-14)19-23-16-10-29(26,27)11-17(16)28-19/h1-8,16-17H,9-11H2,(H,22,25)/t16-,17+/m0/s1. The zero-order valence-corrected chi connectivity index (χ0v) is 17.5. The number of halogens is 2. The van der Waals surface area contributed by atoms with Crippen molar-refractivity contribution in [2.24, 2.45) is 4.99 Å². The molecule has 1 amide bonds. The van der Waals surface area contributed by atoms with Gasteiger partial charge in [-0.05, 0) is 42.5 Å². The van der Waals surface area contributed by atoms with E-state index in [0.29, 0.717) is 21.6 Å². The Morgan fingerprint density at radius 2 is 2.00 bits per heavy atom. The second kappa shape index (κ2) is 7.97. The lowest BCUT2D eigenvalue weighted by Crippen LogP contribution is -2.36. The Kier molecular flexibility index (Phi) is 5.54. The number of amidine groups is 1. The molecular formula is C19H17ClFN3O3S2. The third kappa shape index (κ3) is 4.73. The molecule has 2 aromatic rings. The molecule has 2 aliphatic rings. The summed E-state index contributed by atoms with van der Waals surface area (Å²) in [7, 11) is -3.07. The maximum absolute atomic E-state index is 13.1. The van der Waals surface area contributed by atoms with Crippen molar-refractivity contribution in [3.8, 4) is 0 Å². The number of benzene rings is 2. The molecule has 0 bridgehead atoms. The number of carbonyl (C=O) groups excluding carboxylic acids is 1. The van der Waals surface area contributed by atoms with Crippen LogP contribution >= 0.6 is 23.4 Å². The zero-order valence-electron chi connectivity index (χ0n) is 15.1. The van der Waals surface area contributed by atoms with E-state index in [1.165, 1.54) is 36.0 Å². The first-order chi connectivity index (χ1) is 13.8. The molecule has 0 aromatic heterocycles. The van der Waals surface area contributed by atoms with Crippen LogP contribution in [0.2, 0.25) is 5.02 Å². The van der Waals surface area contributed by atoms with E-state index in [9.17, 15) is 17.6 Å². The van der Waals surface area contributed by atoms with Crippen molar-refractivity contribution in [3.05, 3.63) is 59.4 Å². The van der Waals surface area contributed by atoms with Crippen molar-refractivity contribution >= 4 is 55.6 Å². The third-order valence-electron chi connectivity index (χ3n) is 4.59. The van der Waals surface area contributed by atoms with Crippen molar-refractivity contribution in [1.82, 2.24) is 0 Å². The Morgan fingerprint density at radius 1 is 1.24 bits per heavy atom. The highest BCUT2D eigenvalue weighted by Crippen LogP contribution is 2.37. The first-order valence-electron chi connectivity index (χ1n) is 8.82. The fourth-order valence-electron chi connectivity index (χ4n) is 3.26. The smallest absolute Gasteiger partial charge is 0.244 e. The van der Waals surface area contributed by atoms with Crippen LogP contribution in [0.25, 0.3) is 0 Å². The van der Waals surface area contributed by atoms with E-state index in [0.717, 1.165) is 0 Å². The molecule has 0 radical (unpaired) electrons. The molecule has 2 aromatic carbocycles. The van der Waals surface area contributed by atoms with Crippen LogP contribution in [0.3, 0.4) is 0 Å². The Balaban J connectivity index is 1.56. The van der Waals surface area contributed by atoms with Crippen molar-refractivity contribution in [3.63, 3.8) is 0 Å². The average Bonchev–Trinajstić information content (AvgIpc) is 3.15. The SMILES string of the molecule is O=C(CN(C1=N[C@H]2CS(=O)(=O)C[C@H]2S1)c1cccc(Cl)c1)Nc1ccc(F)cc1. The van der Waals surface area contributed by atoms with Crippen LogP contribution < -0.4 is 10.2 Å². The van der Waals surface area contributed by atoms with Crippen molar-refractivity contribution in [2.45, 2.75) is 11.3 Å². The number of sulfone groups is 1. The molecule has 1 N–H and O–H groups in total. The number of aliphatic imine (C=N–C) groups is 1. The highest BCUT2D eigenvalue weighted by atomic mass is 35.5. The molecule has 2 heterocycles. The summed E-state index contributed by atoms with van der Waals surface area (Å²) in [5, 5.41) is 3.69. The molecule has 0 spiro atoms. The number of fused-ring (bicyclic) bond motifs is 1. The maximum atomic E-state index is 13.1. The van der Waals surface area contributed by atoms with Gasteiger partial charge < -0.3 is 10.2 Å². The quantitative estimate of drug-likeness (QED) is 0.769. The van der Waals surface area contributed by atoms with Crippen molar-refractivity contribution < 1.29 is 17.6 Å². The summed E-state index contributed by atoms with van der Waals surface area (Å²) in [6.07, 6.45) is 0. The van der Waals surface area contributed by atoms with Gasteiger partial charge in [-0.25, -0.2) is 12.8 Å². The summed E-state index contributed by atoms with van der Waals surface area (Å²) in [5.41, 5.74) is 1.16. The fourth-order valence-corrected chi connectivity index (χ4v) is 7.23. The Morgan fingerprint density at radius 3 is 2.69 bits per heavy atom. The molecular weight excluding hydrogens is 437 g/mol. The van der Waals surface area contributed by atoms with Gasteiger partial charge in [0, 0.05) is 21.6 Å². The van der Waals surface area contributed by atoms with Crippen LogP contribution in [0.15, 0.2) is 53.5 Å². The van der Waals surface area contributed by atoms with E-state index in [2.05, 4.69) is 10.3 Å². The normalized spacial score (nSPS) is 22.1. The highest BCUT2D eigenvalue weighted by molar-refractivity contribution is 8.15. The number of hydrogen-bond acceptors (Lipinski definition) is 6. The number of nitrogens with zero attached hydrogens (tertiary/aromatic N) is 2. The van der Waals surface area contributed by atoms with Crippen molar-refractivity contribution in [2.75, 3.05) is 28.3 Å². The minimum absolute atomic E-state index is 0.0271. The number of anilines is 2. The zero-order chi connectivity index (χ0) is 20.6. The molecule has 0 saturated carbocycles. The summed E-state index contributed by atoms with van der Waals surface area (Å²) in [6, 6.07) is 12.2. The first kappa shape index (κ1) is 20.2. The summed E-state index contributed by atoms with van der Waals surface area (Å²) >= 11 is 7.49. The van der Waals surface area contributed by atoms with Gasteiger partial charge in [-0.3, -0.25) is 9.79 Å². The molecule has 2 aliphatic heterocycles. The van der Waals surface area contributed by atoms with Gasteiger partial charge in [-0.15, -0.1) is 0 Å². The number of nitrogens with one attached hydrogen (secondary N) is 1. The first-order valence-corrected chi connectivity index (χ1v) is 11.9. The van der Waals surface area contributed by atoms with E-state index >= 15 is 0 Å². The van der Waals surface area contributed by atoms with Gasteiger partial charge in [0.2, 0.25) is 5.91 Å². The lowest BCUT2D eigenvalue weighted by atomic mass is 10.2. The summed E-state index contributed by atoms with van der Waals surface area (Å²) in [6.45, 7) is -0.0459. The van der Waals surface area contributed by atoms with Gasteiger partial charge in [0.05, 0.1) is 17.5 Å². The topological polar surface area (TPSA) is 78.8 Å². The number of amides is 1. The number of carbonyl (C=O) groups is 1. The van der Waals surface area contributed by atoms with Crippen LogP contribution in [-0.4, -0.2) is 48.8 Å². The molecule has 1 saturated heterocycles. The second-order valence-electron chi connectivity index (χ2n) is 6.83. The van der Waals surface area contributed by atoms with Gasteiger partial charge in [0.15, 0.2) is 15.0 Å². The molecule has 0 aliphatic carbocycles. The minimum Gasteiger partial charge on any atom is -0.325 e. The van der Waals surface area contributed by atoms with Gasteiger partial charge in [-0.1, -0.05) is 29.4 Å². The largest absolute Gasteiger partial charge is 0.325 e. The summed E-state index contributed by atoms with van der Waals surface area (Å²) < 4.78 is 36.7. The van der Waals surface area contributed by atoms with Gasteiger partial charge in [0.25, 0.3) is 0 Å². The van der Waals surface area contributed by atoms with Gasteiger partial charge in [0.1, 0.15) is 12.4 Å². The molecule has 2 atom stereocenters. The average molecular weight is 454 g/mol. The van der Waals surface area contributed by atoms with Crippen LogP contribution in [-0.2, 0) is 14.6 Å². The van der Waals surface area contributed by atoms with Crippen LogP contribution in [0.5, 0.6) is 0 Å². The van der Waals surface area contributed by atoms with Crippen LogP contribution in [0.1, 0.15) is 0 Å². The maximum Gasteiger partial charge on any atom is 0.244 e. The fraction of sp³-hybridized carbons (Fsp3) is 0.263. The van der Waals surface area contributed by atoms with E-state index in [1.807, 2.05) is 6.07 Å². The molecule has 6 nitrogen and oxygen atoms in total. The van der Waals surface area contributed by atoms with Gasteiger partial charge in [-0.2, -0.15) is 0 Å². The molecule has 152 valence electrons. The lowest BCUT2D eigenvalue weighted by Gasteiger charge is -2.24. The Labute approximate surface area is 177 Å². The molecule has 1 fully saturated rings. The second-order valence-corrected chi connectivity index (χ2v) is 10.6. The van der Waals surface area contributed by atoms with E-state index in [-0.39, 0.29) is 41.1 Å². The molecule has 4 rings (SSSR count). The summed E-state index contributed by atoms with van der Waals surface area (Å²) in [4.78, 5) is 18.9. The van der Waals surface area contributed by atoms with Crippen LogP contribution in [0, 0.1) is 5.82 Å². The number of thioether (sulfide) groups is 1.